The van der Waals surface area contributed by atoms with Crippen LogP contribution in [-0.4, -0.2) is 22.5 Å². The standard InChI is InChI=1S/C12H15NO3S/c1-8(9-3-6-17-7-9)10(14)13-12(11(15)16)4-2-5-12/h3,6-8H,2,4-5H2,1H3,(H,13,14)(H,15,16). The molecule has 2 rings (SSSR count). The van der Waals surface area contributed by atoms with Gasteiger partial charge in [0.1, 0.15) is 5.54 Å². The molecule has 1 saturated carbocycles. The highest BCUT2D eigenvalue weighted by Gasteiger charge is 2.46. The van der Waals surface area contributed by atoms with Gasteiger partial charge in [-0.05, 0) is 48.6 Å². The van der Waals surface area contributed by atoms with Crippen LogP contribution >= 0.6 is 11.3 Å². The van der Waals surface area contributed by atoms with Gasteiger partial charge in [-0.25, -0.2) is 4.79 Å². The number of nitrogens with one attached hydrogen (secondary N) is 1. The molecular formula is C12H15NO3S. The fraction of sp³-hybridized carbons (Fsp3) is 0.500. The molecule has 1 heterocycles. The third kappa shape index (κ3) is 2.20. The van der Waals surface area contributed by atoms with Crippen LogP contribution in [0.4, 0.5) is 0 Å². The fourth-order valence-corrected chi connectivity index (χ4v) is 2.69. The molecule has 0 aromatic carbocycles. The number of thiophene rings is 1. The van der Waals surface area contributed by atoms with E-state index in [1.54, 1.807) is 6.92 Å². The maximum Gasteiger partial charge on any atom is 0.329 e. The summed E-state index contributed by atoms with van der Waals surface area (Å²) in [6, 6.07) is 1.89. The molecule has 17 heavy (non-hydrogen) atoms. The highest BCUT2D eigenvalue weighted by atomic mass is 32.1. The lowest BCUT2D eigenvalue weighted by Crippen LogP contribution is -2.59. The van der Waals surface area contributed by atoms with E-state index in [1.807, 2.05) is 16.8 Å². The fourth-order valence-electron chi connectivity index (χ4n) is 1.94. The molecule has 2 N–H and O–H groups in total. The smallest absolute Gasteiger partial charge is 0.329 e. The zero-order valence-corrected chi connectivity index (χ0v) is 10.4. The number of carbonyl (C=O) groups is 2. The molecule has 1 amide bonds. The normalized spacial score (nSPS) is 19.1. The SMILES string of the molecule is CC(C(=O)NC1(C(=O)O)CCC1)c1ccsc1. The van der Waals surface area contributed by atoms with Crippen molar-refractivity contribution in [2.45, 2.75) is 37.6 Å². The lowest BCUT2D eigenvalue weighted by atomic mass is 9.76. The third-order valence-corrected chi connectivity index (χ3v) is 4.12. The van der Waals surface area contributed by atoms with Gasteiger partial charge in [-0.1, -0.05) is 0 Å². The Morgan fingerprint density at radius 1 is 1.53 bits per heavy atom. The highest BCUT2D eigenvalue weighted by molar-refractivity contribution is 7.08. The Balaban J connectivity index is 2.04. The van der Waals surface area contributed by atoms with E-state index in [-0.39, 0.29) is 11.8 Å². The number of carbonyl (C=O) groups excluding carboxylic acids is 1. The molecule has 1 aromatic rings. The van der Waals surface area contributed by atoms with Crippen LogP contribution in [0.15, 0.2) is 16.8 Å². The van der Waals surface area contributed by atoms with Crippen molar-refractivity contribution in [3.8, 4) is 0 Å². The second-order valence-corrected chi connectivity index (χ2v) is 5.29. The van der Waals surface area contributed by atoms with Gasteiger partial charge >= 0.3 is 5.97 Å². The van der Waals surface area contributed by atoms with Crippen molar-refractivity contribution in [2.24, 2.45) is 0 Å². The van der Waals surface area contributed by atoms with E-state index in [9.17, 15) is 9.59 Å². The summed E-state index contributed by atoms with van der Waals surface area (Å²) in [5.41, 5.74) is -0.0752. The van der Waals surface area contributed by atoms with Gasteiger partial charge in [0.2, 0.25) is 5.91 Å². The van der Waals surface area contributed by atoms with E-state index < -0.39 is 11.5 Å². The lowest BCUT2D eigenvalue weighted by molar-refractivity contribution is -0.152. The molecule has 1 unspecified atom stereocenters. The molecule has 1 atom stereocenters. The number of hydrogen-bond acceptors (Lipinski definition) is 3. The number of amides is 1. The molecule has 1 fully saturated rings. The van der Waals surface area contributed by atoms with Gasteiger partial charge in [0.05, 0.1) is 5.92 Å². The number of aliphatic carboxylic acids is 1. The van der Waals surface area contributed by atoms with Crippen LogP contribution in [0.5, 0.6) is 0 Å². The minimum Gasteiger partial charge on any atom is -0.480 e. The van der Waals surface area contributed by atoms with Crippen molar-refractivity contribution in [3.63, 3.8) is 0 Å². The summed E-state index contributed by atoms with van der Waals surface area (Å²) in [5.74, 6) is -1.42. The molecule has 4 nitrogen and oxygen atoms in total. The number of carboxylic acid groups (broad SMARTS) is 1. The van der Waals surface area contributed by atoms with Gasteiger partial charge in [0.25, 0.3) is 0 Å². The van der Waals surface area contributed by atoms with Crippen LogP contribution in [0.2, 0.25) is 0 Å². The monoisotopic (exact) mass is 253 g/mol. The van der Waals surface area contributed by atoms with Crippen molar-refractivity contribution in [2.75, 3.05) is 0 Å². The summed E-state index contributed by atoms with van der Waals surface area (Å²) in [6.45, 7) is 1.80. The van der Waals surface area contributed by atoms with Crippen LogP contribution in [0.25, 0.3) is 0 Å². The topological polar surface area (TPSA) is 66.4 Å². The van der Waals surface area contributed by atoms with E-state index >= 15 is 0 Å². The molecule has 0 bridgehead atoms. The van der Waals surface area contributed by atoms with Gasteiger partial charge in [-0.2, -0.15) is 11.3 Å². The van der Waals surface area contributed by atoms with Crippen LogP contribution < -0.4 is 5.32 Å². The molecule has 1 aliphatic carbocycles. The Labute approximate surface area is 104 Å². The maximum absolute atomic E-state index is 12.0. The van der Waals surface area contributed by atoms with E-state index in [1.165, 1.54) is 11.3 Å². The minimum absolute atomic E-state index is 0.203. The summed E-state index contributed by atoms with van der Waals surface area (Å²) < 4.78 is 0. The molecule has 0 saturated heterocycles. The Morgan fingerprint density at radius 3 is 2.65 bits per heavy atom. The summed E-state index contributed by atoms with van der Waals surface area (Å²) in [6.07, 6.45) is 1.92. The Hall–Kier alpha value is -1.36. The van der Waals surface area contributed by atoms with Crippen LogP contribution in [0.1, 0.15) is 37.7 Å². The first-order valence-corrected chi connectivity index (χ1v) is 6.57. The first-order chi connectivity index (χ1) is 8.05. The zero-order chi connectivity index (χ0) is 12.5. The predicted octanol–water partition coefficient (Wildman–Crippen LogP) is 1.98. The summed E-state index contributed by atoms with van der Waals surface area (Å²) in [5, 5.41) is 15.6. The van der Waals surface area contributed by atoms with E-state index in [0.29, 0.717) is 12.8 Å². The molecule has 0 spiro atoms. The molecule has 1 aromatic heterocycles. The first kappa shape index (κ1) is 12.1. The first-order valence-electron chi connectivity index (χ1n) is 5.63. The zero-order valence-electron chi connectivity index (χ0n) is 9.60. The van der Waals surface area contributed by atoms with Gasteiger partial charge in [0.15, 0.2) is 0 Å². The minimum atomic E-state index is -1.01. The second kappa shape index (κ2) is 4.49. The lowest BCUT2D eigenvalue weighted by Gasteiger charge is -2.38. The summed E-state index contributed by atoms with van der Waals surface area (Å²) in [4.78, 5) is 23.1. The maximum atomic E-state index is 12.0. The van der Waals surface area contributed by atoms with Crippen LogP contribution in [0.3, 0.4) is 0 Å². The van der Waals surface area contributed by atoms with E-state index in [0.717, 1.165) is 12.0 Å². The highest BCUT2D eigenvalue weighted by Crippen LogP contribution is 2.33. The molecular weight excluding hydrogens is 238 g/mol. The van der Waals surface area contributed by atoms with Gasteiger partial charge in [0, 0.05) is 0 Å². The predicted molar refractivity (Wildman–Crippen MR) is 65.1 cm³/mol. The molecule has 92 valence electrons. The second-order valence-electron chi connectivity index (χ2n) is 4.51. The van der Waals surface area contributed by atoms with Crippen molar-refractivity contribution < 1.29 is 14.7 Å². The van der Waals surface area contributed by atoms with Crippen molar-refractivity contribution in [1.29, 1.82) is 0 Å². The number of hydrogen-bond donors (Lipinski definition) is 2. The van der Waals surface area contributed by atoms with Gasteiger partial charge in [-0.3, -0.25) is 4.79 Å². The average molecular weight is 253 g/mol. The van der Waals surface area contributed by atoms with Crippen LogP contribution in [0, 0.1) is 0 Å². The number of carboxylic acids is 1. The Bertz CT molecular complexity index is 423. The molecule has 5 heteroatoms. The van der Waals surface area contributed by atoms with Crippen molar-refractivity contribution in [3.05, 3.63) is 22.4 Å². The average Bonchev–Trinajstić information content (AvgIpc) is 2.74. The quantitative estimate of drug-likeness (QED) is 0.862. The van der Waals surface area contributed by atoms with Crippen molar-refractivity contribution in [1.82, 2.24) is 5.32 Å². The Morgan fingerprint density at radius 2 is 2.24 bits per heavy atom. The Kier molecular flexibility index (Phi) is 3.19. The summed E-state index contributed by atoms with van der Waals surface area (Å²) >= 11 is 1.53. The molecule has 0 aliphatic heterocycles. The number of rotatable bonds is 4. The van der Waals surface area contributed by atoms with E-state index in [4.69, 9.17) is 5.11 Å². The van der Waals surface area contributed by atoms with E-state index in [2.05, 4.69) is 5.32 Å². The third-order valence-electron chi connectivity index (χ3n) is 3.42. The van der Waals surface area contributed by atoms with Crippen molar-refractivity contribution >= 4 is 23.2 Å². The van der Waals surface area contributed by atoms with Gasteiger partial charge < -0.3 is 10.4 Å². The van der Waals surface area contributed by atoms with Crippen LogP contribution in [-0.2, 0) is 9.59 Å². The largest absolute Gasteiger partial charge is 0.480 e. The van der Waals surface area contributed by atoms with Gasteiger partial charge in [-0.15, -0.1) is 0 Å². The molecule has 0 radical (unpaired) electrons. The summed E-state index contributed by atoms with van der Waals surface area (Å²) in [7, 11) is 0. The molecule has 1 aliphatic rings.